The molecule has 0 aliphatic rings. The molecule has 4 nitrogen and oxygen atoms in total. The van der Waals surface area contributed by atoms with E-state index in [1.807, 2.05) is 13.8 Å². The van der Waals surface area contributed by atoms with Gasteiger partial charge in [-0.25, -0.2) is 9.59 Å². The van der Waals surface area contributed by atoms with Crippen LogP contribution in [0.25, 0.3) is 0 Å². The van der Waals surface area contributed by atoms with Crippen LogP contribution in [-0.4, -0.2) is 25.2 Å². The molecule has 0 unspecified atom stereocenters. The Morgan fingerprint density at radius 1 is 1.05 bits per heavy atom. The Morgan fingerprint density at radius 3 is 2.16 bits per heavy atom. The molecule has 0 saturated heterocycles. The van der Waals surface area contributed by atoms with Gasteiger partial charge in [-0.2, -0.15) is 0 Å². The Bertz CT molecular complexity index is 457. The van der Waals surface area contributed by atoms with Crippen LogP contribution in [0.2, 0.25) is 0 Å². The lowest BCUT2D eigenvalue weighted by Crippen LogP contribution is -2.09. The molecular weight excluding hydrogens is 312 g/mol. The van der Waals surface area contributed by atoms with Gasteiger partial charge in [0, 0.05) is 4.47 Å². The number of ether oxygens (including phenoxy) is 2. The van der Waals surface area contributed by atoms with Gasteiger partial charge in [0.05, 0.1) is 24.3 Å². The summed E-state index contributed by atoms with van der Waals surface area (Å²) in [4.78, 5) is 23.4. The lowest BCUT2D eigenvalue weighted by molar-refractivity contribution is 0.0490. The third kappa shape index (κ3) is 4.67. The number of carbonyl (C=O) groups excluding carboxylic acids is 2. The first-order chi connectivity index (χ1) is 9.10. The van der Waals surface area contributed by atoms with E-state index in [-0.39, 0.29) is 0 Å². The van der Waals surface area contributed by atoms with Crippen molar-refractivity contribution >= 4 is 27.9 Å². The van der Waals surface area contributed by atoms with Crippen LogP contribution in [0, 0.1) is 0 Å². The minimum absolute atomic E-state index is 0.381. The van der Waals surface area contributed by atoms with Gasteiger partial charge >= 0.3 is 11.9 Å². The van der Waals surface area contributed by atoms with Crippen LogP contribution in [0.5, 0.6) is 0 Å². The van der Waals surface area contributed by atoms with E-state index < -0.39 is 11.9 Å². The number of esters is 2. The van der Waals surface area contributed by atoms with Crippen molar-refractivity contribution in [3.8, 4) is 0 Å². The van der Waals surface area contributed by atoms with Gasteiger partial charge in [-0.15, -0.1) is 0 Å². The number of hydrogen-bond acceptors (Lipinski definition) is 4. The van der Waals surface area contributed by atoms with Crippen molar-refractivity contribution in [1.29, 1.82) is 0 Å². The van der Waals surface area contributed by atoms with Crippen molar-refractivity contribution in [2.45, 2.75) is 26.7 Å². The van der Waals surface area contributed by atoms with Gasteiger partial charge in [-0.3, -0.25) is 0 Å². The smallest absolute Gasteiger partial charge is 0.339 e. The number of benzene rings is 1. The summed E-state index contributed by atoms with van der Waals surface area (Å²) in [5.74, 6) is -0.793. The molecule has 0 N–H and O–H groups in total. The lowest BCUT2D eigenvalue weighted by atomic mass is 10.1. The van der Waals surface area contributed by atoms with Crippen molar-refractivity contribution < 1.29 is 19.1 Å². The van der Waals surface area contributed by atoms with Crippen molar-refractivity contribution in [1.82, 2.24) is 0 Å². The minimum atomic E-state index is -0.401. The molecule has 0 amide bonds. The fourth-order valence-corrected chi connectivity index (χ4v) is 1.90. The summed E-state index contributed by atoms with van der Waals surface area (Å²) in [5.41, 5.74) is 0.813. The van der Waals surface area contributed by atoms with Crippen molar-refractivity contribution in [2.24, 2.45) is 0 Å². The highest BCUT2D eigenvalue weighted by atomic mass is 79.9. The van der Waals surface area contributed by atoms with E-state index in [0.717, 1.165) is 12.8 Å². The average Bonchev–Trinajstić information content (AvgIpc) is 2.41. The second-order valence-electron chi connectivity index (χ2n) is 3.97. The second-order valence-corrected chi connectivity index (χ2v) is 4.82. The van der Waals surface area contributed by atoms with Crippen LogP contribution < -0.4 is 0 Å². The van der Waals surface area contributed by atoms with Crippen LogP contribution >= 0.6 is 15.9 Å². The predicted molar refractivity (Wildman–Crippen MR) is 75.3 cm³/mol. The Kier molecular flexibility index (Phi) is 6.56. The van der Waals surface area contributed by atoms with Gasteiger partial charge in [0.2, 0.25) is 0 Å². The summed E-state index contributed by atoms with van der Waals surface area (Å²) in [6, 6.07) is 4.69. The molecule has 19 heavy (non-hydrogen) atoms. The summed E-state index contributed by atoms with van der Waals surface area (Å²) >= 11 is 3.27. The normalized spacial score (nSPS) is 10.1. The first-order valence-electron chi connectivity index (χ1n) is 6.24. The highest BCUT2D eigenvalue weighted by molar-refractivity contribution is 9.10. The largest absolute Gasteiger partial charge is 0.462 e. The van der Waals surface area contributed by atoms with Gasteiger partial charge in [0.1, 0.15) is 0 Å². The van der Waals surface area contributed by atoms with Crippen LogP contribution in [0.4, 0.5) is 0 Å². The third-order valence-corrected chi connectivity index (χ3v) is 2.96. The van der Waals surface area contributed by atoms with E-state index in [2.05, 4.69) is 15.9 Å². The number of halogens is 1. The fraction of sp³-hybridized carbons (Fsp3) is 0.429. The molecule has 104 valence electrons. The standard InChI is InChI=1S/C14H17BrO4/c1-3-7-18-13(16)10-5-6-11(12(15)9-10)14(17)19-8-4-2/h5-6,9H,3-4,7-8H2,1-2H3. The minimum Gasteiger partial charge on any atom is -0.462 e. The van der Waals surface area contributed by atoms with Crippen LogP contribution in [-0.2, 0) is 9.47 Å². The molecule has 0 saturated carbocycles. The Hall–Kier alpha value is -1.36. The maximum Gasteiger partial charge on any atom is 0.339 e. The molecule has 0 fully saturated rings. The van der Waals surface area contributed by atoms with E-state index in [9.17, 15) is 9.59 Å². The van der Waals surface area contributed by atoms with Crippen molar-refractivity contribution in [2.75, 3.05) is 13.2 Å². The summed E-state index contributed by atoms with van der Waals surface area (Å²) < 4.78 is 10.6. The van der Waals surface area contributed by atoms with E-state index in [0.29, 0.717) is 28.8 Å². The molecule has 0 aromatic heterocycles. The molecule has 0 spiro atoms. The van der Waals surface area contributed by atoms with Gasteiger partial charge in [0.25, 0.3) is 0 Å². The molecule has 1 aromatic rings. The first-order valence-corrected chi connectivity index (χ1v) is 7.03. The quantitative estimate of drug-likeness (QED) is 0.749. The molecule has 1 aromatic carbocycles. The third-order valence-electron chi connectivity index (χ3n) is 2.30. The Balaban J connectivity index is 2.79. The lowest BCUT2D eigenvalue weighted by Gasteiger charge is -2.07. The maximum atomic E-state index is 11.7. The number of hydrogen-bond donors (Lipinski definition) is 0. The molecule has 0 aliphatic heterocycles. The highest BCUT2D eigenvalue weighted by Crippen LogP contribution is 2.20. The van der Waals surface area contributed by atoms with Crippen LogP contribution in [0.3, 0.4) is 0 Å². The number of rotatable bonds is 6. The van der Waals surface area contributed by atoms with E-state index in [1.165, 1.54) is 0 Å². The van der Waals surface area contributed by atoms with Gasteiger partial charge in [-0.05, 0) is 47.0 Å². The van der Waals surface area contributed by atoms with E-state index in [4.69, 9.17) is 9.47 Å². The number of carbonyl (C=O) groups is 2. The zero-order valence-corrected chi connectivity index (χ0v) is 12.7. The zero-order chi connectivity index (χ0) is 14.3. The van der Waals surface area contributed by atoms with Crippen molar-refractivity contribution in [3.05, 3.63) is 33.8 Å². The second kappa shape index (κ2) is 7.94. The van der Waals surface area contributed by atoms with Crippen molar-refractivity contribution in [3.63, 3.8) is 0 Å². The fourth-order valence-electron chi connectivity index (χ4n) is 1.36. The highest BCUT2D eigenvalue weighted by Gasteiger charge is 2.14. The summed E-state index contributed by atoms with van der Waals surface area (Å²) in [6.45, 7) is 4.62. The summed E-state index contributed by atoms with van der Waals surface area (Å²) in [5, 5.41) is 0. The Labute approximate surface area is 121 Å². The van der Waals surface area contributed by atoms with Gasteiger partial charge in [-0.1, -0.05) is 13.8 Å². The average molecular weight is 329 g/mol. The monoisotopic (exact) mass is 328 g/mol. The van der Waals surface area contributed by atoms with Crippen LogP contribution in [0.15, 0.2) is 22.7 Å². The zero-order valence-electron chi connectivity index (χ0n) is 11.1. The van der Waals surface area contributed by atoms with E-state index >= 15 is 0 Å². The molecule has 0 heterocycles. The molecule has 0 aliphatic carbocycles. The SMILES string of the molecule is CCCOC(=O)c1ccc(C(=O)OCCC)c(Br)c1. The maximum absolute atomic E-state index is 11.7. The predicted octanol–water partition coefficient (Wildman–Crippen LogP) is 3.58. The van der Waals surface area contributed by atoms with Crippen LogP contribution in [0.1, 0.15) is 47.4 Å². The van der Waals surface area contributed by atoms with Gasteiger partial charge in [0.15, 0.2) is 0 Å². The molecule has 5 heteroatoms. The molecular formula is C14H17BrO4. The molecule has 0 atom stereocenters. The molecule has 1 rings (SSSR count). The topological polar surface area (TPSA) is 52.6 Å². The summed E-state index contributed by atoms with van der Waals surface area (Å²) in [6.07, 6.45) is 1.54. The molecule has 0 bridgehead atoms. The Morgan fingerprint density at radius 2 is 1.63 bits per heavy atom. The summed E-state index contributed by atoms with van der Waals surface area (Å²) in [7, 11) is 0. The van der Waals surface area contributed by atoms with Gasteiger partial charge < -0.3 is 9.47 Å². The first kappa shape index (κ1) is 15.7. The van der Waals surface area contributed by atoms with E-state index in [1.54, 1.807) is 18.2 Å². The molecule has 0 radical (unpaired) electrons.